The van der Waals surface area contributed by atoms with Gasteiger partial charge in [0.2, 0.25) is 5.91 Å². The van der Waals surface area contributed by atoms with Crippen LogP contribution in [-0.4, -0.2) is 88.2 Å². The first kappa shape index (κ1) is 20.3. The molecule has 2 fully saturated rings. The van der Waals surface area contributed by atoms with Crippen LogP contribution in [0.1, 0.15) is 44.2 Å². The van der Waals surface area contributed by atoms with Gasteiger partial charge in [-0.3, -0.25) is 9.69 Å². The van der Waals surface area contributed by atoms with Gasteiger partial charge in [0.1, 0.15) is 0 Å². The van der Waals surface area contributed by atoms with Crippen molar-refractivity contribution in [2.75, 3.05) is 46.8 Å². The van der Waals surface area contributed by atoms with E-state index in [0.29, 0.717) is 18.5 Å². The lowest BCUT2D eigenvalue weighted by Gasteiger charge is -2.33. The number of aromatic nitrogens is 3. The monoisotopic (exact) mass is 398 g/mol. The van der Waals surface area contributed by atoms with Crippen molar-refractivity contribution in [3.05, 3.63) is 24.0 Å². The molecule has 2 aliphatic heterocycles. The number of carbonyl (C=O) groups is 1. The number of hydrogen-bond acceptors (Lipinski definition) is 5. The number of carbonyl (C=O) groups excluding carboxylic acids is 1. The molecule has 4 rings (SSSR count). The molecule has 0 saturated carbocycles. The Bertz CT molecular complexity index is 847. The molecule has 2 saturated heterocycles. The van der Waals surface area contributed by atoms with Crippen LogP contribution >= 0.6 is 0 Å². The topological polar surface area (TPSA) is 57.5 Å². The van der Waals surface area contributed by atoms with Crippen molar-refractivity contribution in [3.8, 4) is 0 Å². The number of amides is 1. The number of likely N-dealkylation sites (tertiary alicyclic amines) is 2. The van der Waals surface area contributed by atoms with E-state index in [1.54, 1.807) is 0 Å². The van der Waals surface area contributed by atoms with Gasteiger partial charge >= 0.3 is 0 Å². The standard InChI is InChI=1S/C22H34N6O/c1-17-7-4-5-11-26(17)16-20(29)27-12-9-18(15-27)21-19-8-6-10-23-22(19)28(24-21)14-13-25(2)3/h6,8,10,17-18H,4-5,7,9,11-16H2,1-3H3/t17-,18-/m0/s1. The maximum Gasteiger partial charge on any atom is 0.236 e. The maximum atomic E-state index is 12.9. The van der Waals surface area contributed by atoms with E-state index < -0.39 is 0 Å². The van der Waals surface area contributed by atoms with Crippen molar-refractivity contribution in [1.29, 1.82) is 0 Å². The Labute approximate surface area is 173 Å². The molecule has 0 aromatic carbocycles. The third kappa shape index (κ3) is 4.46. The summed E-state index contributed by atoms with van der Waals surface area (Å²) in [5.74, 6) is 0.570. The first-order chi connectivity index (χ1) is 14.0. The molecule has 2 atom stereocenters. The van der Waals surface area contributed by atoms with Crippen molar-refractivity contribution in [2.45, 2.75) is 51.1 Å². The van der Waals surface area contributed by atoms with E-state index in [-0.39, 0.29) is 5.91 Å². The summed E-state index contributed by atoms with van der Waals surface area (Å²) in [6.07, 6.45) is 6.53. The Morgan fingerprint density at radius 3 is 2.90 bits per heavy atom. The normalized spacial score (nSPS) is 23.4. The zero-order valence-electron chi connectivity index (χ0n) is 18.0. The van der Waals surface area contributed by atoms with Crippen LogP contribution in [0.3, 0.4) is 0 Å². The molecule has 2 aromatic rings. The highest BCUT2D eigenvalue weighted by Gasteiger charge is 2.32. The molecule has 2 aromatic heterocycles. The highest BCUT2D eigenvalue weighted by Crippen LogP contribution is 2.31. The molecule has 1 amide bonds. The third-order valence-corrected chi connectivity index (χ3v) is 6.50. The van der Waals surface area contributed by atoms with Crippen molar-refractivity contribution >= 4 is 16.9 Å². The quantitative estimate of drug-likeness (QED) is 0.747. The van der Waals surface area contributed by atoms with E-state index in [0.717, 1.165) is 55.9 Å². The first-order valence-electron chi connectivity index (χ1n) is 11.0. The second-order valence-electron chi connectivity index (χ2n) is 8.93. The lowest BCUT2D eigenvalue weighted by molar-refractivity contribution is -0.132. The molecule has 2 aliphatic rings. The maximum absolute atomic E-state index is 12.9. The molecular formula is C22H34N6O. The number of fused-ring (bicyclic) bond motifs is 1. The Morgan fingerprint density at radius 1 is 1.24 bits per heavy atom. The number of nitrogens with zero attached hydrogens (tertiary/aromatic N) is 6. The van der Waals surface area contributed by atoms with E-state index in [1.807, 2.05) is 21.8 Å². The predicted molar refractivity (Wildman–Crippen MR) is 115 cm³/mol. The summed E-state index contributed by atoms with van der Waals surface area (Å²) in [6.45, 7) is 7.22. The van der Waals surface area contributed by atoms with Crippen molar-refractivity contribution in [1.82, 2.24) is 29.5 Å². The van der Waals surface area contributed by atoms with Gasteiger partial charge in [0, 0.05) is 43.2 Å². The number of likely N-dealkylation sites (N-methyl/N-ethyl adjacent to an activating group) is 1. The molecule has 0 bridgehead atoms. The van der Waals surface area contributed by atoms with Gasteiger partial charge in [0.05, 0.1) is 18.8 Å². The molecule has 0 radical (unpaired) electrons. The fourth-order valence-corrected chi connectivity index (χ4v) is 4.66. The predicted octanol–water partition coefficient (Wildman–Crippen LogP) is 2.18. The summed E-state index contributed by atoms with van der Waals surface area (Å²) >= 11 is 0. The number of pyridine rings is 1. The van der Waals surface area contributed by atoms with Crippen LogP contribution in [-0.2, 0) is 11.3 Å². The molecule has 0 aliphatic carbocycles. The Kier molecular flexibility index (Phi) is 6.15. The van der Waals surface area contributed by atoms with Gasteiger partial charge in [-0.25, -0.2) is 9.67 Å². The van der Waals surface area contributed by atoms with Gasteiger partial charge in [-0.15, -0.1) is 0 Å². The van der Waals surface area contributed by atoms with E-state index in [9.17, 15) is 4.79 Å². The van der Waals surface area contributed by atoms with E-state index >= 15 is 0 Å². The Hall–Kier alpha value is -1.99. The van der Waals surface area contributed by atoms with E-state index in [1.165, 1.54) is 19.3 Å². The first-order valence-corrected chi connectivity index (χ1v) is 11.0. The summed E-state index contributed by atoms with van der Waals surface area (Å²) in [4.78, 5) is 24.1. The van der Waals surface area contributed by atoms with Gasteiger partial charge in [0.15, 0.2) is 5.65 Å². The summed E-state index contributed by atoms with van der Waals surface area (Å²) in [6, 6.07) is 4.63. The minimum Gasteiger partial charge on any atom is -0.341 e. The minimum absolute atomic E-state index is 0.274. The molecule has 158 valence electrons. The molecule has 0 unspecified atom stereocenters. The fraction of sp³-hybridized carbons (Fsp3) is 0.682. The number of piperidine rings is 1. The summed E-state index contributed by atoms with van der Waals surface area (Å²) in [7, 11) is 4.15. The SMILES string of the molecule is C[C@H]1CCCCN1CC(=O)N1CC[C@H](c2nn(CCN(C)C)c3ncccc23)C1. The molecule has 4 heterocycles. The molecule has 29 heavy (non-hydrogen) atoms. The Morgan fingerprint density at radius 2 is 2.10 bits per heavy atom. The van der Waals surface area contributed by atoms with Crippen molar-refractivity contribution in [2.24, 2.45) is 0 Å². The smallest absolute Gasteiger partial charge is 0.236 e. The van der Waals surface area contributed by atoms with E-state index in [2.05, 4.69) is 41.9 Å². The van der Waals surface area contributed by atoms with Crippen LogP contribution in [0.4, 0.5) is 0 Å². The van der Waals surface area contributed by atoms with Crippen molar-refractivity contribution < 1.29 is 4.79 Å². The lowest BCUT2D eigenvalue weighted by atomic mass is 10.0. The number of rotatable bonds is 6. The average molecular weight is 399 g/mol. The molecule has 7 nitrogen and oxygen atoms in total. The second kappa shape index (κ2) is 8.79. The van der Waals surface area contributed by atoms with E-state index in [4.69, 9.17) is 5.10 Å². The van der Waals surface area contributed by atoms with Gasteiger partial charge in [-0.2, -0.15) is 5.10 Å². The van der Waals surface area contributed by atoms with Crippen LogP contribution in [0.5, 0.6) is 0 Å². The fourth-order valence-electron chi connectivity index (χ4n) is 4.66. The van der Waals surface area contributed by atoms with Crippen LogP contribution < -0.4 is 0 Å². The zero-order chi connectivity index (χ0) is 20.4. The van der Waals surface area contributed by atoms with Crippen molar-refractivity contribution in [3.63, 3.8) is 0 Å². The van der Waals surface area contributed by atoms with Crippen LogP contribution in [0.15, 0.2) is 18.3 Å². The van der Waals surface area contributed by atoms with Crippen LogP contribution in [0.25, 0.3) is 11.0 Å². The zero-order valence-corrected chi connectivity index (χ0v) is 18.0. The van der Waals surface area contributed by atoms with Crippen LogP contribution in [0.2, 0.25) is 0 Å². The third-order valence-electron chi connectivity index (χ3n) is 6.50. The van der Waals surface area contributed by atoms with Crippen LogP contribution in [0, 0.1) is 0 Å². The average Bonchev–Trinajstić information content (AvgIpc) is 3.33. The van der Waals surface area contributed by atoms with Gasteiger partial charge in [0.25, 0.3) is 0 Å². The Balaban J connectivity index is 1.46. The lowest BCUT2D eigenvalue weighted by Crippen LogP contribution is -2.45. The minimum atomic E-state index is 0.274. The highest BCUT2D eigenvalue weighted by molar-refractivity contribution is 5.80. The number of hydrogen-bond donors (Lipinski definition) is 0. The highest BCUT2D eigenvalue weighted by atomic mass is 16.2. The van der Waals surface area contributed by atoms with Gasteiger partial charge in [-0.05, 0) is 59.0 Å². The summed E-state index contributed by atoms with van der Waals surface area (Å²) < 4.78 is 2.03. The molecular weight excluding hydrogens is 364 g/mol. The molecule has 7 heteroatoms. The van der Waals surface area contributed by atoms with Gasteiger partial charge < -0.3 is 9.80 Å². The molecule has 0 N–H and O–H groups in total. The van der Waals surface area contributed by atoms with Gasteiger partial charge in [-0.1, -0.05) is 6.42 Å². The largest absolute Gasteiger partial charge is 0.341 e. The second-order valence-corrected chi connectivity index (χ2v) is 8.93. The summed E-state index contributed by atoms with van der Waals surface area (Å²) in [5, 5.41) is 6.08. The summed E-state index contributed by atoms with van der Waals surface area (Å²) in [5.41, 5.74) is 2.06. The molecule has 0 spiro atoms.